The van der Waals surface area contributed by atoms with Crippen LogP contribution < -0.4 is 10.8 Å². The van der Waals surface area contributed by atoms with E-state index >= 15 is 0 Å². The number of benzene rings is 3. The van der Waals surface area contributed by atoms with E-state index < -0.39 is 42.4 Å². The van der Waals surface area contributed by atoms with Gasteiger partial charge in [-0.05, 0) is 140 Å². The molecule has 352 valence electrons. The minimum absolute atomic E-state index is 0.0394. The number of aromatic nitrogens is 8. The third kappa shape index (κ3) is 14.0. The number of nitrogens with one attached hydrogen (secondary N) is 1. The van der Waals surface area contributed by atoms with Gasteiger partial charge in [0.15, 0.2) is 0 Å². The van der Waals surface area contributed by atoms with Crippen molar-refractivity contribution in [1.29, 1.82) is 0 Å². The second kappa shape index (κ2) is 24.1. The number of halogens is 4. The second-order valence-electron chi connectivity index (χ2n) is 15.0. The van der Waals surface area contributed by atoms with Gasteiger partial charge in [0.2, 0.25) is 5.82 Å². The van der Waals surface area contributed by atoms with E-state index in [2.05, 4.69) is 56.7 Å². The molecule has 0 radical (unpaired) electrons. The molecule has 69 heavy (non-hydrogen) atoms. The zero-order chi connectivity index (χ0) is 50.4. The first-order valence-corrected chi connectivity index (χ1v) is 21.3. The van der Waals surface area contributed by atoms with Gasteiger partial charge in [0, 0.05) is 58.2 Å². The summed E-state index contributed by atoms with van der Waals surface area (Å²) in [7, 11) is -1.40. The lowest BCUT2D eigenvalue weighted by Gasteiger charge is -2.12. The molecule has 5 N–H and O–H groups in total. The summed E-state index contributed by atoms with van der Waals surface area (Å²) in [6.45, 7) is 9.11. The molecule has 5 heterocycles. The summed E-state index contributed by atoms with van der Waals surface area (Å²) in [5, 5.41) is 48.8. The summed E-state index contributed by atoms with van der Waals surface area (Å²) in [6, 6.07) is 23.5. The van der Waals surface area contributed by atoms with Crippen molar-refractivity contribution in [1.82, 2.24) is 40.1 Å². The van der Waals surface area contributed by atoms with Gasteiger partial charge in [-0.1, -0.05) is 40.2 Å². The lowest BCUT2D eigenvalue weighted by Crippen LogP contribution is -2.29. The molecule has 21 heteroatoms. The predicted molar refractivity (Wildman–Crippen MR) is 255 cm³/mol. The van der Waals surface area contributed by atoms with E-state index in [1.165, 1.54) is 42.6 Å². The van der Waals surface area contributed by atoms with E-state index in [4.69, 9.17) is 20.3 Å². The van der Waals surface area contributed by atoms with Gasteiger partial charge in [-0.3, -0.25) is 19.7 Å². The summed E-state index contributed by atoms with van der Waals surface area (Å²) in [5.41, 5.74) is 5.25. The van der Waals surface area contributed by atoms with Crippen molar-refractivity contribution in [3.8, 4) is 33.8 Å². The van der Waals surface area contributed by atoms with E-state index in [1.54, 1.807) is 105 Å². The number of carbonyl (C=O) groups is 3. The number of pyridine rings is 4. The summed E-state index contributed by atoms with van der Waals surface area (Å²) in [4.78, 5) is 50.3. The fraction of sp³-hybridized carbons (Fsp3) is 0.125. The number of carboxylic acids is 2. The third-order valence-corrected chi connectivity index (χ3v) is 10.6. The smallest absolute Gasteiger partial charge is 0.478 e. The van der Waals surface area contributed by atoms with Gasteiger partial charge in [0.1, 0.15) is 29.0 Å². The number of hydrogen-bond donors (Lipinski definition) is 5. The van der Waals surface area contributed by atoms with Crippen LogP contribution in [0.5, 0.6) is 0 Å². The Kier molecular flexibility index (Phi) is 18.2. The number of rotatable bonds is 9. The maximum absolute atomic E-state index is 14.6. The van der Waals surface area contributed by atoms with Gasteiger partial charge in [-0.15, -0.1) is 5.10 Å². The van der Waals surface area contributed by atoms with Crippen LogP contribution in [0.2, 0.25) is 0 Å². The lowest BCUT2D eigenvalue weighted by molar-refractivity contribution is 0.0680. The van der Waals surface area contributed by atoms with Crippen LogP contribution in [0.3, 0.4) is 0 Å². The van der Waals surface area contributed by atoms with Gasteiger partial charge < -0.3 is 25.6 Å². The summed E-state index contributed by atoms with van der Waals surface area (Å²) >= 11 is 3.12. The number of anilines is 1. The molecular weight excluding hydrogens is 962 g/mol. The number of carboxylic acid groups (broad SMARTS) is 2. The number of aromatic carboxylic acids is 2. The zero-order valence-corrected chi connectivity index (χ0v) is 39.0. The molecule has 8 rings (SSSR count). The van der Waals surface area contributed by atoms with Crippen LogP contribution in [-0.4, -0.2) is 85.4 Å². The fourth-order valence-electron chi connectivity index (χ4n) is 6.21. The predicted octanol–water partition coefficient (Wildman–Crippen LogP) is 8.33. The van der Waals surface area contributed by atoms with Gasteiger partial charge in [-0.2, -0.15) is 0 Å². The van der Waals surface area contributed by atoms with Crippen molar-refractivity contribution in [2.24, 2.45) is 0 Å². The van der Waals surface area contributed by atoms with Gasteiger partial charge in [0.25, 0.3) is 5.91 Å². The number of carbonyl (C=O) groups excluding carboxylic acids is 1. The maximum atomic E-state index is 14.6. The Morgan fingerprint density at radius 2 is 1.17 bits per heavy atom. The molecule has 0 unspecified atom stereocenters. The van der Waals surface area contributed by atoms with Crippen LogP contribution in [-0.2, 0) is 0 Å². The number of tetrazole rings is 1. The molecule has 0 aliphatic rings. The van der Waals surface area contributed by atoms with E-state index in [9.17, 15) is 27.6 Å². The first-order valence-electron chi connectivity index (χ1n) is 20.5. The van der Waals surface area contributed by atoms with Gasteiger partial charge in [-0.25, -0.2) is 32.4 Å². The minimum Gasteiger partial charge on any atom is -0.478 e. The molecule has 0 saturated heterocycles. The van der Waals surface area contributed by atoms with Crippen LogP contribution >= 0.6 is 15.9 Å². The molecule has 1 amide bonds. The van der Waals surface area contributed by atoms with Crippen LogP contribution in [0.25, 0.3) is 33.8 Å². The minimum atomic E-state index is -1.40. The molecule has 0 spiro atoms. The van der Waals surface area contributed by atoms with E-state index in [-0.39, 0.29) is 28.6 Å². The highest BCUT2D eigenvalue weighted by atomic mass is 79.9. The quantitative estimate of drug-likeness (QED) is 0.0855. The first kappa shape index (κ1) is 52.0. The molecule has 3 aromatic carbocycles. The number of aryl methyl sites for hydroxylation is 3. The van der Waals surface area contributed by atoms with Crippen LogP contribution in [0.15, 0.2) is 133 Å². The topological polar surface area (TPSA) is 239 Å². The zero-order valence-electron chi connectivity index (χ0n) is 37.4. The van der Waals surface area contributed by atoms with Crippen LogP contribution in [0.4, 0.5) is 19.0 Å². The van der Waals surface area contributed by atoms with Crippen LogP contribution in [0.1, 0.15) is 67.7 Å². The van der Waals surface area contributed by atoms with Crippen molar-refractivity contribution in [2.45, 2.75) is 40.7 Å². The Morgan fingerprint density at radius 3 is 1.65 bits per heavy atom. The normalized spacial score (nSPS) is 10.4. The van der Waals surface area contributed by atoms with E-state index in [1.807, 2.05) is 19.9 Å². The Balaban J connectivity index is 0.000000195. The largest absolute Gasteiger partial charge is 0.490 e. The average molecular weight is 1000 g/mol. The molecule has 0 saturated carbocycles. The van der Waals surface area contributed by atoms with Crippen molar-refractivity contribution in [3.05, 3.63) is 183 Å². The molecule has 8 aromatic rings. The SMILES string of the molecule is Cc1cc(F)c(C(=O)Nc2cccc(-c3nnnn3C(C)C)n2)cc1-c1cccnc1.Cc1cc(F)c(C(=O)O)cc1-c1cccnc1.Cc1cc(F)c(C(=O)O)cc1Br.OB(O)c1cccnc1. The fourth-order valence-corrected chi connectivity index (χ4v) is 6.55. The van der Waals surface area contributed by atoms with E-state index in [0.717, 1.165) is 16.7 Å². The van der Waals surface area contributed by atoms with Crippen LogP contribution in [0, 0.1) is 38.2 Å². The Morgan fingerprint density at radius 1 is 0.667 bits per heavy atom. The monoisotopic (exact) mass is 1000 g/mol. The molecule has 0 aliphatic heterocycles. The van der Waals surface area contributed by atoms with Gasteiger partial charge >= 0.3 is 19.1 Å². The second-order valence-corrected chi connectivity index (χ2v) is 15.9. The van der Waals surface area contributed by atoms with E-state index in [0.29, 0.717) is 43.7 Å². The molecule has 5 aromatic heterocycles. The Labute approximate surface area is 401 Å². The molecule has 0 fully saturated rings. The van der Waals surface area contributed by atoms with Crippen molar-refractivity contribution >= 4 is 52.2 Å². The molecule has 0 aliphatic carbocycles. The number of amides is 1. The molecule has 0 atom stereocenters. The number of hydrogen-bond acceptors (Lipinski definition) is 12. The third-order valence-electron chi connectivity index (χ3n) is 9.71. The Bertz CT molecular complexity index is 3070. The highest BCUT2D eigenvalue weighted by Crippen LogP contribution is 2.28. The van der Waals surface area contributed by atoms with Crippen molar-refractivity contribution in [2.75, 3.05) is 5.32 Å². The van der Waals surface area contributed by atoms with Crippen molar-refractivity contribution < 1.29 is 47.8 Å². The van der Waals surface area contributed by atoms with Crippen molar-refractivity contribution in [3.63, 3.8) is 0 Å². The lowest BCUT2D eigenvalue weighted by atomic mass is 9.82. The highest BCUT2D eigenvalue weighted by molar-refractivity contribution is 9.10. The summed E-state index contributed by atoms with van der Waals surface area (Å²) in [6.07, 6.45) is 9.55. The average Bonchev–Trinajstić information content (AvgIpc) is 3.83. The molecule has 16 nitrogen and oxygen atoms in total. The standard InChI is InChI=1S/C22H20FN7O.C13H10FNO2.C8H6BrFO2.C5H6BNO2/c1-13(2)30-21(27-28-29-30)19-7-4-8-20(25-19)26-22(31)17-11-16(14(3)10-18(17)23)15-6-5-9-24-12-15;1-8-5-12(14)11(13(16)17)6-10(8)9-3-2-4-15-7-9;1-4-2-7(10)5(8(11)12)3-6(4)9;8-6(9)5-2-1-3-7-4-5/h4-13H,1-3H3,(H,25,26,31);2-7H,1H3,(H,16,17);2-3H,1H3,(H,11,12);1-4,8-9H. The highest BCUT2D eigenvalue weighted by Gasteiger charge is 2.19. The maximum Gasteiger partial charge on any atom is 0.490 e. The van der Waals surface area contributed by atoms with Gasteiger partial charge in [0.05, 0.1) is 22.7 Å². The first-order chi connectivity index (χ1) is 32.9. The summed E-state index contributed by atoms with van der Waals surface area (Å²) in [5.74, 6) is -4.42. The Hall–Kier alpha value is -8.01. The molecular formula is C48H42BBrF3N9O7. The number of nitrogens with zero attached hydrogens (tertiary/aromatic N) is 8. The summed E-state index contributed by atoms with van der Waals surface area (Å²) < 4.78 is 43.1. The molecule has 0 bridgehead atoms.